The number of rotatable bonds is 3. The highest BCUT2D eigenvalue weighted by Crippen LogP contribution is 2.46. The van der Waals surface area contributed by atoms with E-state index in [9.17, 15) is 0 Å². The third-order valence-corrected chi connectivity index (χ3v) is 5.24. The molecule has 1 aliphatic carbocycles. The van der Waals surface area contributed by atoms with Gasteiger partial charge in [-0.2, -0.15) is 0 Å². The number of hydrogen-bond donors (Lipinski definition) is 2. The van der Waals surface area contributed by atoms with Crippen molar-refractivity contribution in [1.82, 2.24) is 0 Å². The monoisotopic (exact) mass is 309 g/mol. The van der Waals surface area contributed by atoms with Gasteiger partial charge < -0.3 is 16.4 Å². The number of benzene rings is 2. The molecule has 3 rings (SSSR count). The number of anilines is 3. The summed E-state index contributed by atoms with van der Waals surface area (Å²) in [5, 5.41) is 0. The van der Waals surface area contributed by atoms with Crippen LogP contribution < -0.4 is 16.4 Å². The molecule has 1 aliphatic rings. The Morgan fingerprint density at radius 3 is 2.04 bits per heavy atom. The second-order valence-electron chi connectivity index (χ2n) is 6.93. The summed E-state index contributed by atoms with van der Waals surface area (Å²) in [7, 11) is 4.10. The van der Waals surface area contributed by atoms with Gasteiger partial charge in [0.2, 0.25) is 0 Å². The predicted molar refractivity (Wildman–Crippen MR) is 99.9 cm³/mol. The topological polar surface area (TPSA) is 55.3 Å². The lowest BCUT2D eigenvalue weighted by Gasteiger charge is -2.39. The van der Waals surface area contributed by atoms with Gasteiger partial charge in [-0.25, -0.2) is 0 Å². The zero-order valence-electron chi connectivity index (χ0n) is 14.2. The Morgan fingerprint density at radius 1 is 0.826 bits per heavy atom. The maximum absolute atomic E-state index is 6.16. The van der Waals surface area contributed by atoms with Gasteiger partial charge in [0.1, 0.15) is 0 Å². The average molecular weight is 309 g/mol. The summed E-state index contributed by atoms with van der Waals surface area (Å²) in [6.07, 6.45) is 6.24. The molecule has 4 N–H and O–H groups in total. The van der Waals surface area contributed by atoms with Crippen molar-refractivity contribution < 1.29 is 0 Å². The van der Waals surface area contributed by atoms with Gasteiger partial charge in [0, 0.05) is 25.2 Å². The molecule has 0 aromatic heterocycles. The van der Waals surface area contributed by atoms with Gasteiger partial charge in [-0.15, -0.1) is 0 Å². The molecule has 2 aromatic rings. The van der Waals surface area contributed by atoms with E-state index < -0.39 is 0 Å². The molecule has 3 nitrogen and oxygen atoms in total. The first-order chi connectivity index (χ1) is 11.0. The highest BCUT2D eigenvalue weighted by atomic mass is 15.1. The van der Waals surface area contributed by atoms with Gasteiger partial charge in [-0.05, 0) is 48.2 Å². The van der Waals surface area contributed by atoms with Crippen molar-refractivity contribution in [2.45, 2.75) is 37.5 Å². The zero-order chi connectivity index (χ0) is 16.4. The fraction of sp³-hybridized carbons (Fsp3) is 0.400. The van der Waals surface area contributed by atoms with Crippen molar-refractivity contribution in [2.24, 2.45) is 0 Å². The van der Waals surface area contributed by atoms with Crippen molar-refractivity contribution in [2.75, 3.05) is 30.5 Å². The summed E-state index contributed by atoms with van der Waals surface area (Å²) >= 11 is 0. The molecule has 0 radical (unpaired) electrons. The Balaban J connectivity index is 2.13. The van der Waals surface area contributed by atoms with Crippen molar-refractivity contribution in [3.8, 4) is 0 Å². The standard InChI is InChI=1S/C20H27N3/c1-23(2)19-14-16(8-11-18(19)22)20(12-4-3-5-13-20)15-6-9-17(21)10-7-15/h6-11,14H,3-5,12-13,21-22H2,1-2H3. The van der Waals surface area contributed by atoms with Gasteiger partial charge in [-0.1, -0.05) is 37.5 Å². The molecule has 23 heavy (non-hydrogen) atoms. The number of nitrogen functional groups attached to an aromatic ring is 2. The SMILES string of the molecule is CN(C)c1cc(C2(c3ccc(N)cc3)CCCCC2)ccc1N. The predicted octanol–water partition coefficient (Wildman–Crippen LogP) is 4.17. The fourth-order valence-corrected chi connectivity index (χ4v) is 3.93. The molecule has 3 heteroatoms. The molecule has 2 aromatic carbocycles. The molecule has 0 spiro atoms. The van der Waals surface area contributed by atoms with E-state index in [2.05, 4.69) is 35.2 Å². The molecule has 0 saturated heterocycles. The Labute approximate surface area is 139 Å². The number of hydrogen-bond acceptors (Lipinski definition) is 3. The fourth-order valence-electron chi connectivity index (χ4n) is 3.93. The van der Waals surface area contributed by atoms with Crippen LogP contribution in [-0.2, 0) is 5.41 Å². The van der Waals surface area contributed by atoms with Crippen LogP contribution in [0.15, 0.2) is 42.5 Å². The molecule has 0 atom stereocenters. The lowest BCUT2D eigenvalue weighted by Crippen LogP contribution is -2.30. The quantitative estimate of drug-likeness (QED) is 0.837. The van der Waals surface area contributed by atoms with E-state index in [0.717, 1.165) is 17.1 Å². The van der Waals surface area contributed by atoms with E-state index in [0.29, 0.717) is 0 Å². The Bertz CT molecular complexity index is 668. The molecule has 0 amide bonds. The van der Waals surface area contributed by atoms with Gasteiger partial charge in [-0.3, -0.25) is 0 Å². The van der Waals surface area contributed by atoms with Crippen LogP contribution in [-0.4, -0.2) is 14.1 Å². The highest BCUT2D eigenvalue weighted by Gasteiger charge is 2.36. The van der Waals surface area contributed by atoms with Crippen molar-refractivity contribution >= 4 is 17.1 Å². The van der Waals surface area contributed by atoms with Crippen LogP contribution in [0.2, 0.25) is 0 Å². The summed E-state index contributed by atoms with van der Waals surface area (Å²) in [5.41, 5.74) is 17.7. The summed E-state index contributed by atoms with van der Waals surface area (Å²) in [5.74, 6) is 0. The molecule has 0 heterocycles. The lowest BCUT2D eigenvalue weighted by molar-refractivity contribution is 0.346. The van der Waals surface area contributed by atoms with Crippen LogP contribution in [0.4, 0.5) is 17.1 Å². The molecular formula is C20H27N3. The zero-order valence-corrected chi connectivity index (χ0v) is 14.2. The van der Waals surface area contributed by atoms with Crippen molar-refractivity contribution in [3.05, 3.63) is 53.6 Å². The smallest absolute Gasteiger partial charge is 0.0597 e. The first-order valence-electron chi connectivity index (χ1n) is 8.46. The maximum Gasteiger partial charge on any atom is 0.0597 e. The minimum absolute atomic E-state index is 0.0877. The second kappa shape index (κ2) is 6.15. The van der Waals surface area contributed by atoms with Crippen LogP contribution in [0.5, 0.6) is 0 Å². The van der Waals surface area contributed by atoms with Crippen LogP contribution in [0, 0.1) is 0 Å². The Morgan fingerprint density at radius 2 is 1.43 bits per heavy atom. The molecule has 0 bridgehead atoms. The summed E-state index contributed by atoms with van der Waals surface area (Å²) in [6.45, 7) is 0. The minimum Gasteiger partial charge on any atom is -0.399 e. The minimum atomic E-state index is 0.0877. The number of nitrogens with zero attached hydrogens (tertiary/aromatic N) is 1. The maximum atomic E-state index is 6.16. The molecule has 122 valence electrons. The highest BCUT2D eigenvalue weighted by molar-refractivity contribution is 5.69. The van der Waals surface area contributed by atoms with Gasteiger partial charge in [0.15, 0.2) is 0 Å². The van der Waals surface area contributed by atoms with Gasteiger partial charge >= 0.3 is 0 Å². The third-order valence-electron chi connectivity index (χ3n) is 5.24. The van der Waals surface area contributed by atoms with Gasteiger partial charge in [0.05, 0.1) is 11.4 Å². The number of nitrogens with two attached hydrogens (primary N) is 2. The van der Waals surface area contributed by atoms with Gasteiger partial charge in [0.25, 0.3) is 0 Å². The van der Waals surface area contributed by atoms with Crippen molar-refractivity contribution in [3.63, 3.8) is 0 Å². The molecular weight excluding hydrogens is 282 g/mol. The Hall–Kier alpha value is -2.16. The Kier molecular flexibility index (Phi) is 4.20. The van der Waals surface area contributed by atoms with E-state index in [4.69, 9.17) is 11.5 Å². The van der Waals surface area contributed by atoms with E-state index in [1.165, 1.54) is 43.2 Å². The van der Waals surface area contributed by atoms with Crippen LogP contribution in [0.1, 0.15) is 43.2 Å². The molecule has 1 fully saturated rings. The van der Waals surface area contributed by atoms with E-state index >= 15 is 0 Å². The third kappa shape index (κ3) is 2.88. The first-order valence-corrected chi connectivity index (χ1v) is 8.46. The average Bonchev–Trinajstić information content (AvgIpc) is 2.56. The van der Waals surface area contributed by atoms with Crippen molar-refractivity contribution in [1.29, 1.82) is 0 Å². The van der Waals surface area contributed by atoms with Crippen LogP contribution in [0.3, 0.4) is 0 Å². The van der Waals surface area contributed by atoms with E-state index in [1.54, 1.807) is 0 Å². The normalized spacial score (nSPS) is 17.0. The second-order valence-corrected chi connectivity index (χ2v) is 6.93. The molecule has 0 aliphatic heterocycles. The lowest BCUT2D eigenvalue weighted by atomic mass is 9.65. The largest absolute Gasteiger partial charge is 0.399 e. The van der Waals surface area contributed by atoms with E-state index in [-0.39, 0.29) is 5.41 Å². The van der Waals surface area contributed by atoms with E-state index in [1.807, 2.05) is 26.2 Å². The molecule has 1 saturated carbocycles. The van der Waals surface area contributed by atoms with Crippen LogP contribution >= 0.6 is 0 Å². The summed E-state index contributed by atoms with van der Waals surface area (Å²) in [6, 6.07) is 15.0. The van der Waals surface area contributed by atoms with Crippen LogP contribution in [0.25, 0.3) is 0 Å². The molecule has 0 unspecified atom stereocenters. The first kappa shape index (κ1) is 15.7. The summed E-state index contributed by atoms with van der Waals surface area (Å²) in [4.78, 5) is 2.10. The summed E-state index contributed by atoms with van der Waals surface area (Å²) < 4.78 is 0.